The van der Waals surface area contributed by atoms with Crippen LogP contribution in [-0.2, 0) is 6.54 Å². The van der Waals surface area contributed by atoms with E-state index in [1.807, 2.05) is 30.5 Å². The molecule has 0 unspecified atom stereocenters. The number of aromatic amines is 1. The average molecular weight is 345 g/mol. The third-order valence-electron chi connectivity index (χ3n) is 4.35. The predicted octanol–water partition coefficient (Wildman–Crippen LogP) is 3.95. The molecule has 0 aliphatic carbocycles. The Morgan fingerprint density at radius 3 is 2.81 bits per heavy atom. The van der Waals surface area contributed by atoms with Crippen LogP contribution < -0.4 is 10.1 Å². The van der Waals surface area contributed by atoms with Gasteiger partial charge in [0.15, 0.2) is 5.82 Å². The predicted molar refractivity (Wildman–Crippen MR) is 102 cm³/mol. The Morgan fingerprint density at radius 1 is 1.12 bits per heavy atom. The number of ether oxygens (including phenoxy) is 1. The largest absolute Gasteiger partial charge is 0.494 e. The van der Waals surface area contributed by atoms with E-state index in [-0.39, 0.29) is 0 Å². The highest BCUT2D eigenvalue weighted by molar-refractivity contribution is 5.96. The van der Waals surface area contributed by atoms with Crippen LogP contribution in [0.5, 0.6) is 5.75 Å². The van der Waals surface area contributed by atoms with Crippen molar-refractivity contribution in [3.8, 4) is 17.1 Å². The fourth-order valence-electron chi connectivity index (χ4n) is 3.06. The summed E-state index contributed by atoms with van der Waals surface area (Å²) in [6, 6.07) is 14.2. The third kappa shape index (κ3) is 2.97. The summed E-state index contributed by atoms with van der Waals surface area (Å²) in [6.07, 6.45) is 3.39. The Kier molecular flexibility index (Phi) is 4.23. The molecule has 2 heterocycles. The number of benzene rings is 2. The molecule has 0 aliphatic heterocycles. The molecule has 0 bridgehead atoms. The number of para-hydroxylation sites is 1. The summed E-state index contributed by atoms with van der Waals surface area (Å²) in [7, 11) is 1.67. The van der Waals surface area contributed by atoms with Gasteiger partial charge in [-0.05, 0) is 30.2 Å². The first-order chi connectivity index (χ1) is 12.8. The number of H-pyrrole nitrogens is 1. The molecule has 130 valence electrons. The summed E-state index contributed by atoms with van der Waals surface area (Å²) in [5, 5.41) is 11.4. The number of aromatic nitrogens is 4. The van der Waals surface area contributed by atoms with Gasteiger partial charge < -0.3 is 10.1 Å². The van der Waals surface area contributed by atoms with Crippen molar-refractivity contribution < 1.29 is 4.74 Å². The van der Waals surface area contributed by atoms with Crippen molar-refractivity contribution in [1.82, 2.24) is 20.2 Å². The Morgan fingerprint density at radius 2 is 2.00 bits per heavy atom. The van der Waals surface area contributed by atoms with Crippen LogP contribution in [0.4, 0.5) is 5.69 Å². The molecule has 6 nitrogen and oxygen atoms in total. The second-order valence-corrected chi connectivity index (χ2v) is 6.06. The molecule has 0 amide bonds. The zero-order valence-corrected chi connectivity index (χ0v) is 14.7. The highest BCUT2D eigenvalue weighted by Gasteiger charge is 2.10. The summed E-state index contributed by atoms with van der Waals surface area (Å²) in [6.45, 7) is 2.75. The minimum absolute atomic E-state index is 0.694. The lowest BCUT2D eigenvalue weighted by molar-refractivity contribution is 0.419. The lowest BCUT2D eigenvalue weighted by Gasteiger charge is -2.14. The summed E-state index contributed by atoms with van der Waals surface area (Å²) in [5.41, 5.74) is 5.19. The van der Waals surface area contributed by atoms with Gasteiger partial charge in [0.2, 0.25) is 0 Å². The fraction of sp³-hybridized carbons (Fsp3) is 0.150. The van der Waals surface area contributed by atoms with Crippen LogP contribution in [0.15, 0.2) is 55.0 Å². The van der Waals surface area contributed by atoms with Crippen LogP contribution in [0.3, 0.4) is 0 Å². The van der Waals surface area contributed by atoms with Crippen molar-refractivity contribution in [1.29, 1.82) is 0 Å². The SMILES string of the molecule is COc1cccc2c(NCc3cccc(-c4ncn[nH]4)c3)c(C)cnc12. The van der Waals surface area contributed by atoms with Gasteiger partial charge in [-0.2, -0.15) is 5.10 Å². The van der Waals surface area contributed by atoms with E-state index in [0.717, 1.165) is 44.9 Å². The number of hydrogen-bond donors (Lipinski definition) is 2. The van der Waals surface area contributed by atoms with E-state index >= 15 is 0 Å². The Labute approximate surface area is 151 Å². The van der Waals surface area contributed by atoms with E-state index < -0.39 is 0 Å². The standard InChI is InChI=1S/C20H19N5O/c1-13-10-21-19-16(7-4-8-17(19)26-2)18(13)22-11-14-5-3-6-15(9-14)20-23-12-24-25-20/h3-10,12H,11H2,1-2H3,(H,21,22)(H,23,24,25). The van der Waals surface area contributed by atoms with Crippen molar-refractivity contribution in [3.63, 3.8) is 0 Å². The number of anilines is 1. The van der Waals surface area contributed by atoms with Gasteiger partial charge in [-0.3, -0.25) is 10.1 Å². The minimum Gasteiger partial charge on any atom is -0.494 e. The van der Waals surface area contributed by atoms with E-state index in [1.54, 1.807) is 7.11 Å². The van der Waals surface area contributed by atoms with Crippen molar-refractivity contribution in [2.45, 2.75) is 13.5 Å². The monoisotopic (exact) mass is 345 g/mol. The van der Waals surface area contributed by atoms with E-state index in [2.05, 4.69) is 50.6 Å². The molecule has 4 rings (SSSR count). The zero-order valence-electron chi connectivity index (χ0n) is 14.7. The summed E-state index contributed by atoms with van der Waals surface area (Å²) in [5.74, 6) is 1.54. The van der Waals surface area contributed by atoms with Gasteiger partial charge in [0, 0.05) is 29.4 Å². The lowest BCUT2D eigenvalue weighted by Crippen LogP contribution is -2.03. The number of hydrogen-bond acceptors (Lipinski definition) is 5. The first-order valence-corrected chi connectivity index (χ1v) is 8.37. The number of rotatable bonds is 5. The van der Waals surface area contributed by atoms with Crippen LogP contribution in [0.1, 0.15) is 11.1 Å². The maximum absolute atomic E-state index is 5.44. The van der Waals surface area contributed by atoms with E-state index in [9.17, 15) is 0 Å². The highest BCUT2D eigenvalue weighted by Crippen LogP contribution is 2.31. The van der Waals surface area contributed by atoms with Gasteiger partial charge in [0.25, 0.3) is 0 Å². The smallest absolute Gasteiger partial charge is 0.155 e. The van der Waals surface area contributed by atoms with Gasteiger partial charge in [-0.25, -0.2) is 4.98 Å². The molecular weight excluding hydrogens is 326 g/mol. The normalized spacial score (nSPS) is 10.8. The molecular formula is C20H19N5O. The van der Waals surface area contributed by atoms with Crippen LogP contribution in [0.2, 0.25) is 0 Å². The van der Waals surface area contributed by atoms with Crippen molar-refractivity contribution in [2.24, 2.45) is 0 Å². The molecule has 4 aromatic rings. The molecule has 2 aromatic heterocycles. The first kappa shape index (κ1) is 16.1. The van der Waals surface area contributed by atoms with Crippen LogP contribution in [0.25, 0.3) is 22.3 Å². The molecule has 2 aromatic carbocycles. The summed E-state index contributed by atoms with van der Waals surface area (Å²) < 4.78 is 5.44. The Bertz CT molecular complexity index is 1040. The second kappa shape index (κ2) is 6.84. The molecule has 0 saturated heterocycles. The van der Waals surface area contributed by atoms with Gasteiger partial charge in [-0.15, -0.1) is 0 Å². The molecule has 2 N–H and O–H groups in total. The second-order valence-electron chi connectivity index (χ2n) is 6.06. The van der Waals surface area contributed by atoms with Gasteiger partial charge in [0.05, 0.1) is 7.11 Å². The number of nitrogens with zero attached hydrogens (tertiary/aromatic N) is 3. The Hall–Kier alpha value is -3.41. The van der Waals surface area contributed by atoms with Crippen molar-refractivity contribution in [2.75, 3.05) is 12.4 Å². The molecule has 0 aliphatic rings. The molecule has 0 spiro atoms. The van der Waals surface area contributed by atoms with Gasteiger partial charge >= 0.3 is 0 Å². The van der Waals surface area contributed by atoms with E-state index in [4.69, 9.17) is 4.74 Å². The molecule has 0 radical (unpaired) electrons. The van der Waals surface area contributed by atoms with Crippen molar-refractivity contribution in [3.05, 3.63) is 66.1 Å². The maximum atomic E-state index is 5.44. The van der Waals surface area contributed by atoms with Gasteiger partial charge in [-0.1, -0.05) is 30.3 Å². The maximum Gasteiger partial charge on any atom is 0.155 e. The third-order valence-corrected chi connectivity index (χ3v) is 4.35. The average Bonchev–Trinajstić information content (AvgIpc) is 3.22. The molecule has 0 atom stereocenters. The molecule has 6 heteroatoms. The topological polar surface area (TPSA) is 75.7 Å². The minimum atomic E-state index is 0.694. The highest BCUT2D eigenvalue weighted by atomic mass is 16.5. The van der Waals surface area contributed by atoms with E-state index in [0.29, 0.717) is 6.54 Å². The number of methoxy groups -OCH3 is 1. The number of nitrogens with one attached hydrogen (secondary N) is 2. The number of fused-ring (bicyclic) bond motifs is 1. The fourth-order valence-corrected chi connectivity index (χ4v) is 3.06. The van der Waals surface area contributed by atoms with Crippen molar-refractivity contribution >= 4 is 16.6 Å². The van der Waals surface area contributed by atoms with Crippen LogP contribution >= 0.6 is 0 Å². The summed E-state index contributed by atoms with van der Waals surface area (Å²) >= 11 is 0. The Balaban J connectivity index is 1.64. The molecule has 0 saturated carbocycles. The first-order valence-electron chi connectivity index (χ1n) is 8.37. The summed E-state index contributed by atoms with van der Waals surface area (Å²) in [4.78, 5) is 8.74. The quantitative estimate of drug-likeness (QED) is 0.573. The lowest BCUT2D eigenvalue weighted by atomic mass is 10.1. The molecule has 26 heavy (non-hydrogen) atoms. The van der Waals surface area contributed by atoms with Gasteiger partial charge in [0.1, 0.15) is 17.6 Å². The zero-order chi connectivity index (χ0) is 17.9. The number of pyridine rings is 1. The van der Waals surface area contributed by atoms with Crippen LogP contribution in [-0.4, -0.2) is 27.3 Å². The van der Waals surface area contributed by atoms with Crippen LogP contribution in [0, 0.1) is 6.92 Å². The molecule has 0 fully saturated rings. The number of aryl methyl sites for hydroxylation is 1. The van der Waals surface area contributed by atoms with E-state index in [1.165, 1.54) is 6.33 Å².